The van der Waals surface area contributed by atoms with Gasteiger partial charge in [-0.1, -0.05) is 23.4 Å². The number of anilines is 1. The zero-order valence-electron chi connectivity index (χ0n) is 15.7. The smallest absolute Gasteiger partial charge is 0.228 e. The summed E-state index contributed by atoms with van der Waals surface area (Å²) in [7, 11) is 1.62. The van der Waals surface area contributed by atoms with E-state index in [0.717, 1.165) is 30.2 Å². The molecule has 1 saturated heterocycles. The van der Waals surface area contributed by atoms with Gasteiger partial charge in [-0.05, 0) is 24.3 Å². The van der Waals surface area contributed by atoms with Gasteiger partial charge in [0, 0.05) is 44.0 Å². The fraction of sp³-hybridized carbons (Fsp3) is 0.286. The molecule has 7 nitrogen and oxygen atoms in total. The van der Waals surface area contributed by atoms with E-state index in [-0.39, 0.29) is 12.3 Å². The second kappa shape index (κ2) is 8.12. The van der Waals surface area contributed by atoms with Crippen molar-refractivity contribution in [1.82, 2.24) is 15.0 Å². The SMILES string of the molecule is COc1cccc(-c2cc(CC(=O)N3CCN(c4ccccn4)CC3)no2)c1. The number of aromatic nitrogens is 2. The standard InChI is InChI=1S/C21H22N4O3/c1-27-18-6-4-5-16(13-18)19-14-17(23-28-19)15-21(26)25-11-9-24(10-12-25)20-7-2-3-8-22-20/h2-8,13-14H,9-12,15H2,1H3. The molecule has 0 bridgehead atoms. The minimum Gasteiger partial charge on any atom is -0.497 e. The molecule has 1 aliphatic rings. The average Bonchev–Trinajstić information content (AvgIpc) is 3.23. The van der Waals surface area contributed by atoms with Crippen molar-refractivity contribution >= 4 is 11.7 Å². The molecule has 0 spiro atoms. The average molecular weight is 378 g/mol. The predicted octanol–water partition coefficient (Wildman–Crippen LogP) is 2.64. The van der Waals surface area contributed by atoms with Crippen LogP contribution in [-0.2, 0) is 11.2 Å². The van der Waals surface area contributed by atoms with Crippen molar-refractivity contribution in [3.8, 4) is 17.1 Å². The van der Waals surface area contributed by atoms with E-state index in [1.165, 1.54) is 0 Å². The van der Waals surface area contributed by atoms with Crippen molar-refractivity contribution in [3.63, 3.8) is 0 Å². The highest BCUT2D eigenvalue weighted by Gasteiger charge is 2.23. The summed E-state index contributed by atoms with van der Waals surface area (Å²) >= 11 is 0. The molecule has 0 radical (unpaired) electrons. The third kappa shape index (κ3) is 3.98. The van der Waals surface area contributed by atoms with Crippen LogP contribution in [0.4, 0.5) is 5.82 Å². The van der Waals surface area contributed by atoms with Crippen LogP contribution in [0.25, 0.3) is 11.3 Å². The molecule has 1 fully saturated rings. The fourth-order valence-corrected chi connectivity index (χ4v) is 3.30. The van der Waals surface area contributed by atoms with Crippen molar-refractivity contribution in [2.24, 2.45) is 0 Å². The van der Waals surface area contributed by atoms with Crippen molar-refractivity contribution in [3.05, 3.63) is 60.4 Å². The maximum atomic E-state index is 12.6. The Kier molecular flexibility index (Phi) is 5.23. The molecular formula is C21H22N4O3. The molecule has 3 aromatic rings. The molecule has 0 atom stereocenters. The highest BCUT2D eigenvalue weighted by molar-refractivity contribution is 5.79. The Hall–Kier alpha value is -3.35. The van der Waals surface area contributed by atoms with Crippen LogP contribution < -0.4 is 9.64 Å². The Labute approximate surface area is 163 Å². The maximum Gasteiger partial charge on any atom is 0.228 e. The van der Waals surface area contributed by atoms with Crippen LogP contribution in [0.5, 0.6) is 5.75 Å². The second-order valence-corrected chi connectivity index (χ2v) is 6.65. The molecule has 1 amide bonds. The number of hydrogen-bond donors (Lipinski definition) is 0. The summed E-state index contributed by atoms with van der Waals surface area (Å²) in [6.45, 7) is 2.90. The zero-order valence-corrected chi connectivity index (χ0v) is 15.7. The van der Waals surface area contributed by atoms with E-state index >= 15 is 0 Å². The Morgan fingerprint density at radius 2 is 1.96 bits per heavy atom. The van der Waals surface area contributed by atoms with E-state index in [1.807, 2.05) is 53.4 Å². The third-order valence-electron chi connectivity index (χ3n) is 4.85. The molecule has 1 aromatic carbocycles. The van der Waals surface area contributed by atoms with Crippen LogP contribution in [0.15, 0.2) is 59.3 Å². The summed E-state index contributed by atoms with van der Waals surface area (Å²) in [4.78, 5) is 21.1. The van der Waals surface area contributed by atoms with Crippen molar-refractivity contribution in [2.75, 3.05) is 38.2 Å². The van der Waals surface area contributed by atoms with Gasteiger partial charge in [0.15, 0.2) is 5.76 Å². The minimum absolute atomic E-state index is 0.0613. The van der Waals surface area contributed by atoms with Crippen molar-refractivity contribution in [2.45, 2.75) is 6.42 Å². The summed E-state index contributed by atoms with van der Waals surface area (Å²) in [5, 5.41) is 4.06. The van der Waals surface area contributed by atoms with Crippen molar-refractivity contribution in [1.29, 1.82) is 0 Å². The normalized spacial score (nSPS) is 14.2. The number of carbonyl (C=O) groups is 1. The van der Waals surface area contributed by atoms with Gasteiger partial charge in [-0.3, -0.25) is 4.79 Å². The van der Waals surface area contributed by atoms with Crippen LogP contribution in [0.1, 0.15) is 5.69 Å². The number of piperazine rings is 1. The van der Waals surface area contributed by atoms with Crippen LogP contribution in [-0.4, -0.2) is 54.2 Å². The van der Waals surface area contributed by atoms with E-state index in [2.05, 4.69) is 15.0 Å². The van der Waals surface area contributed by atoms with Gasteiger partial charge in [-0.2, -0.15) is 0 Å². The number of hydrogen-bond acceptors (Lipinski definition) is 6. The minimum atomic E-state index is 0.0613. The van der Waals surface area contributed by atoms with E-state index in [4.69, 9.17) is 9.26 Å². The number of rotatable bonds is 5. The summed E-state index contributed by atoms with van der Waals surface area (Å²) in [5.41, 5.74) is 1.50. The molecule has 0 aliphatic carbocycles. The van der Waals surface area contributed by atoms with Crippen LogP contribution in [0, 0.1) is 0 Å². The number of amides is 1. The first kappa shape index (κ1) is 18.0. The largest absolute Gasteiger partial charge is 0.497 e. The van der Waals surface area contributed by atoms with Gasteiger partial charge < -0.3 is 19.1 Å². The van der Waals surface area contributed by atoms with E-state index < -0.39 is 0 Å². The first-order chi connectivity index (χ1) is 13.7. The summed E-state index contributed by atoms with van der Waals surface area (Å²) in [5.74, 6) is 2.39. The first-order valence-corrected chi connectivity index (χ1v) is 9.27. The lowest BCUT2D eigenvalue weighted by atomic mass is 10.1. The third-order valence-corrected chi connectivity index (χ3v) is 4.85. The Morgan fingerprint density at radius 3 is 2.71 bits per heavy atom. The zero-order chi connectivity index (χ0) is 19.3. The number of carbonyl (C=O) groups excluding carboxylic acids is 1. The fourth-order valence-electron chi connectivity index (χ4n) is 3.30. The van der Waals surface area contributed by atoms with Crippen LogP contribution in [0.2, 0.25) is 0 Å². The topological polar surface area (TPSA) is 71.7 Å². The lowest BCUT2D eigenvalue weighted by molar-refractivity contribution is -0.130. The molecule has 0 N–H and O–H groups in total. The number of nitrogens with zero attached hydrogens (tertiary/aromatic N) is 4. The van der Waals surface area contributed by atoms with Gasteiger partial charge in [0.1, 0.15) is 11.6 Å². The summed E-state index contributed by atoms with van der Waals surface area (Å²) < 4.78 is 10.7. The number of benzene rings is 1. The van der Waals surface area contributed by atoms with Crippen LogP contribution in [0.3, 0.4) is 0 Å². The molecule has 2 aromatic heterocycles. The summed E-state index contributed by atoms with van der Waals surface area (Å²) in [6.07, 6.45) is 2.02. The van der Waals surface area contributed by atoms with E-state index in [0.29, 0.717) is 24.5 Å². The molecule has 4 rings (SSSR count). The lowest BCUT2D eigenvalue weighted by Crippen LogP contribution is -2.49. The summed E-state index contributed by atoms with van der Waals surface area (Å²) in [6, 6.07) is 15.3. The highest BCUT2D eigenvalue weighted by atomic mass is 16.5. The molecule has 144 valence electrons. The molecule has 7 heteroatoms. The molecule has 1 aliphatic heterocycles. The first-order valence-electron chi connectivity index (χ1n) is 9.27. The van der Waals surface area contributed by atoms with E-state index in [1.54, 1.807) is 13.3 Å². The quantitative estimate of drug-likeness (QED) is 0.680. The lowest BCUT2D eigenvalue weighted by Gasteiger charge is -2.35. The monoisotopic (exact) mass is 378 g/mol. The number of pyridine rings is 1. The van der Waals surface area contributed by atoms with Gasteiger partial charge in [0.2, 0.25) is 5.91 Å². The Balaban J connectivity index is 1.35. The molecule has 0 saturated carbocycles. The molecule has 0 unspecified atom stereocenters. The van der Waals surface area contributed by atoms with Gasteiger partial charge >= 0.3 is 0 Å². The highest BCUT2D eigenvalue weighted by Crippen LogP contribution is 2.24. The van der Waals surface area contributed by atoms with Gasteiger partial charge in [-0.15, -0.1) is 0 Å². The number of methoxy groups -OCH3 is 1. The van der Waals surface area contributed by atoms with Gasteiger partial charge in [-0.25, -0.2) is 4.98 Å². The van der Waals surface area contributed by atoms with Gasteiger partial charge in [0.25, 0.3) is 0 Å². The molecular weight excluding hydrogens is 356 g/mol. The Bertz CT molecular complexity index is 934. The predicted molar refractivity (Wildman–Crippen MR) is 105 cm³/mol. The molecule has 28 heavy (non-hydrogen) atoms. The number of ether oxygens (including phenoxy) is 1. The van der Waals surface area contributed by atoms with E-state index in [9.17, 15) is 4.79 Å². The van der Waals surface area contributed by atoms with Gasteiger partial charge in [0.05, 0.1) is 19.2 Å². The Morgan fingerprint density at radius 1 is 1.11 bits per heavy atom. The maximum absolute atomic E-state index is 12.6. The van der Waals surface area contributed by atoms with Crippen LogP contribution >= 0.6 is 0 Å². The molecule has 3 heterocycles. The van der Waals surface area contributed by atoms with Crippen molar-refractivity contribution < 1.29 is 14.1 Å². The second-order valence-electron chi connectivity index (χ2n) is 6.65.